The molecule has 3 N–H and O–H groups in total. The van der Waals surface area contributed by atoms with E-state index in [1.54, 1.807) is 60.6 Å². The van der Waals surface area contributed by atoms with Crippen LogP contribution in [0.2, 0.25) is 0 Å². The van der Waals surface area contributed by atoms with Crippen molar-refractivity contribution in [1.82, 2.24) is 15.5 Å². The molecule has 0 spiro atoms. The van der Waals surface area contributed by atoms with E-state index in [1.807, 2.05) is 51.1 Å². The van der Waals surface area contributed by atoms with Crippen LogP contribution in [0.3, 0.4) is 0 Å². The van der Waals surface area contributed by atoms with E-state index < -0.39 is 53.2 Å². The molecule has 2 aromatic carbocycles. The largest absolute Gasteiger partial charge is 0.508 e. The predicted octanol–water partition coefficient (Wildman–Crippen LogP) is 6.38. The zero-order valence-electron chi connectivity index (χ0n) is 29.8. The van der Waals surface area contributed by atoms with Crippen LogP contribution in [0.4, 0.5) is 4.79 Å². The number of unbranched alkanes of at least 4 members (excludes halogenated alkanes) is 2. The van der Waals surface area contributed by atoms with Crippen molar-refractivity contribution in [2.24, 2.45) is 5.92 Å². The van der Waals surface area contributed by atoms with E-state index in [2.05, 4.69) is 10.6 Å². The Hall–Kier alpha value is -4.08. The number of hydrogen-bond donors (Lipinski definition) is 3. The summed E-state index contributed by atoms with van der Waals surface area (Å²) in [6, 6.07) is 10.8. The molecule has 47 heavy (non-hydrogen) atoms. The molecule has 0 aromatic heterocycles. The van der Waals surface area contributed by atoms with Crippen molar-refractivity contribution in [3.8, 4) is 5.75 Å². The minimum atomic E-state index is -1.19. The number of nitrogens with zero attached hydrogens (tertiary/aromatic N) is 1. The quantitative estimate of drug-likeness (QED) is 0.159. The van der Waals surface area contributed by atoms with Crippen molar-refractivity contribution in [3.63, 3.8) is 0 Å². The van der Waals surface area contributed by atoms with E-state index in [0.29, 0.717) is 17.5 Å². The fraction of sp³-hybridized carbons (Fsp3) is 0.568. The monoisotopic (exact) mass is 653 g/mol. The highest BCUT2D eigenvalue weighted by Gasteiger charge is 2.39. The average molecular weight is 654 g/mol. The Balaban J connectivity index is 2.65. The Morgan fingerprint density at radius 3 is 2.02 bits per heavy atom. The third-order valence-corrected chi connectivity index (χ3v) is 7.28. The number of amides is 3. The smallest absolute Gasteiger partial charge is 0.408 e. The number of rotatable bonds is 14. The highest BCUT2D eigenvalue weighted by molar-refractivity contribution is 5.94. The van der Waals surface area contributed by atoms with E-state index in [1.165, 1.54) is 11.0 Å². The summed E-state index contributed by atoms with van der Waals surface area (Å²) in [5.41, 5.74) is 0.200. The number of hydrogen-bond acceptors (Lipinski definition) is 7. The third-order valence-electron chi connectivity index (χ3n) is 7.28. The molecule has 0 saturated carbocycles. The second-order valence-corrected chi connectivity index (χ2v) is 14.3. The molecule has 0 bridgehead atoms. The number of alkyl carbamates (subject to hydrolysis) is 1. The number of aryl methyl sites for hydroxylation is 1. The predicted molar refractivity (Wildman–Crippen MR) is 183 cm³/mol. The first kappa shape index (κ1) is 39.1. The van der Waals surface area contributed by atoms with Crippen LogP contribution in [0, 0.1) is 12.8 Å². The maximum Gasteiger partial charge on any atom is 0.408 e. The summed E-state index contributed by atoms with van der Waals surface area (Å²) in [6.07, 6.45) is 1.69. The normalized spacial score (nSPS) is 13.7. The number of carbonyl (C=O) groups is 4. The molecule has 0 radical (unpaired) electrons. The van der Waals surface area contributed by atoms with Crippen LogP contribution in [0.25, 0.3) is 0 Å². The van der Waals surface area contributed by atoms with Gasteiger partial charge in [0.05, 0.1) is 0 Å². The van der Waals surface area contributed by atoms with Crippen LogP contribution in [0.15, 0.2) is 48.5 Å². The van der Waals surface area contributed by atoms with Gasteiger partial charge in [0.15, 0.2) is 0 Å². The molecule has 3 amide bonds. The molecular formula is C37H55N3O7. The number of carbonyl (C=O) groups excluding carboxylic acids is 4. The number of phenolic OH excluding ortho intramolecular Hbond substituents is 1. The van der Waals surface area contributed by atoms with Gasteiger partial charge in [-0.2, -0.15) is 0 Å². The zero-order chi connectivity index (χ0) is 35.5. The van der Waals surface area contributed by atoms with Crippen LogP contribution in [-0.4, -0.2) is 63.7 Å². The summed E-state index contributed by atoms with van der Waals surface area (Å²) in [5.74, 6) is -1.97. The van der Waals surface area contributed by atoms with Gasteiger partial charge in [0, 0.05) is 13.0 Å². The van der Waals surface area contributed by atoms with Gasteiger partial charge in [0.25, 0.3) is 0 Å². The maximum absolute atomic E-state index is 14.5. The summed E-state index contributed by atoms with van der Waals surface area (Å²) in [7, 11) is 0. The molecule has 3 atom stereocenters. The van der Waals surface area contributed by atoms with Gasteiger partial charge in [-0.15, -0.1) is 0 Å². The van der Waals surface area contributed by atoms with Crippen LogP contribution in [-0.2, 0) is 30.3 Å². The summed E-state index contributed by atoms with van der Waals surface area (Å²) in [4.78, 5) is 56.8. The van der Waals surface area contributed by atoms with Gasteiger partial charge in [0.1, 0.15) is 35.1 Å². The lowest BCUT2D eigenvalue weighted by atomic mass is 9.96. The first-order chi connectivity index (χ1) is 21.8. The number of benzene rings is 2. The first-order valence-electron chi connectivity index (χ1n) is 16.5. The summed E-state index contributed by atoms with van der Waals surface area (Å²) >= 11 is 0. The summed E-state index contributed by atoms with van der Waals surface area (Å²) < 4.78 is 11.2. The summed E-state index contributed by atoms with van der Waals surface area (Å²) in [5, 5.41) is 16.0. The second-order valence-electron chi connectivity index (χ2n) is 14.3. The standard InChI is InChI=1S/C37H55N3O7/c1-11-12-16-21-40(33(43)30(24(2)3)39-35(45)47-37(8,9)10)31(27-19-20-29(41)25(4)22-27)32(42)38-28(34(44)46-36(5,6)7)23-26-17-14-13-15-18-26/h13-15,17-20,22,24,28,30-31,41H,11-12,16,21,23H2,1-10H3,(H,38,42)(H,39,45). The van der Waals surface area contributed by atoms with Gasteiger partial charge < -0.3 is 30.1 Å². The number of ether oxygens (including phenoxy) is 2. The highest BCUT2D eigenvalue weighted by Crippen LogP contribution is 2.29. The molecule has 10 nitrogen and oxygen atoms in total. The van der Waals surface area contributed by atoms with Crippen LogP contribution in [0.5, 0.6) is 5.75 Å². The molecule has 2 rings (SSSR count). The van der Waals surface area contributed by atoms with E-state index in [-0.39, 0.29) is 24.6 Å². The lowest BCUT2D eigenvalue weighted by molar-refractivity contribution is -0.159. The molecular weight excluding hydrogens is 598 g/mol. The van der Waals surface area contributed by atoms with Crippen molar-refractivity contribution >= 4 is 23.9 Å². The van der Waals surface area contributed by atoms with Crippen LogP contribution in [0.1, 0.15) is 104 Å². The van der Waals surface area contributed by atoms with Crippen LogP contribution < -0.4 is 10.6 Å². The van der Waals surface area contributed by atoms with Gasteiger partial charge in [-0.25, -0.2) is 9.59 Å². The third kappa shape index (κ3) is 12.9. The zero-order valence-corrected chi connectivity index (χ0v) is 29.8. The molecule has 10 heteroatoms. The lowest BCUT2D eigenvalue weighted by Crippen LogP contribution is -2.56. The van der Waals surface area contributed by atoms with Crippen molar-refractivity contribution in [2.75, 3.05) is 6.54 Å². The van der Waals surface area contributed by atoms with Gasteiger partial charge in [-0.1, -0.05) is 70.0 Å². The first-order valence-corrected chi connectivity index (χ1v) is 16.5. The molecule has 0 saturated heterocycles. The number of phenols is 1. The van der Waals surface area contributed by atoms with E-state index in [4.69, 9.17) is 9.47 Å². The molecule has 2 aromatic rings. The number of nitrogens with one attached hydrogen (secondary N) is 2. The number of esters is 1. The lowest BCUT2D eigenvalue weighted by Gasteiger charge is -2.36. The Labute approximate surface area is 280 Å². The summed E-state index contributed by atoms with van der Waals surface area (Å²) in [6.45, 7) is 18.0. The average Bonchev–Trinajstić information content (AvgIpc) is 2.95. The SMILES string of the molecule is CCCCCN(C(=O)C(NC(=O)OC(C)(C)C)C(C)C)C(C(=O)NC(Cc1ccccc1)C(=O)OC(C)(C)C)c1ccc(O)c(C)c1. The van der Waals surface area contributed by atoms with Crippen LogP contribution >= 0.6 is 0 Å². The Bertz CT molecular complexity index is 1350. The topological polar surface area (TPSA) is 134 Å². The molecule has 0 aliphatic rings. The van der Waals surface area contributed by atoms with Crippen molar-refractivity contribution in [3.05, 3.63) is 65.2 Å². The number of aromatic hydroxyl groups is 1. The van der Waals surface area contributed by atoms with Crippen molar-refractivity contribution in [1.29, 1.82) is 0 Å². The minimum absolute atomic E-state index is 0.0409. The van der Waals surface area contributed by atoms with E-state index in [9.17, 15) is 24.3 Å². The Morgan fingerprint density at radius 2 is 1.49 bits per heavy atom. The van der Waals surface area contributed by atoms with E-state index in [0.717, 1.165) is 18.4 Å². The van der Waals surface area contributed by atoms with Gasteiger partial charge in [-0.3, -0.25) is 9.59 Å². The highest BCUT2D eigenvalue weighted by atomic mass is 16.6. The van der Waals surface area contributed by atoms with Gasteiger partial charge in [-0.05, 0) is 89.6 Å². The molecule has 0 fully saturated rings. The fourth-order valence-corrected chi connectivity index (χ4v) is 5.01. The van der Waals surface area contributed by atoms with Gasteiger partial charge in [0.2, 0.25) is 11.8 Å². The van der Waals surface area contributed by atoms with Crippen molar-refractivity contribution < 1.29 is 33.8 Å². The molecule has 0 heterocycles. The Kier molecular flexibility index (Phi) is 14.3. The second kappa shape index (κ2) is 17.2. The fourth-order valence-electron chi connectivity index (χ4n) is 5.01. The van der Waals surface area contributed by atoms with Gasteiger partial charge >= 0.3 is 12.1 Å². The molecule has 0 aliphatic heterocycles. The molecule has 0 aliphatic carbocycles. The van der Waals surface area contributed by atoms with Crippen molar-refractivity contribution in [2.45, 2.75) is 124 Å². The Morgan fingerprint density at radius 1 is 0.872 bits per heavy atom. The minimum Gasteiger partial charge on any atom is -0.508 e. The maximum atomic E-state index is 14.5. The molecule has 260 valence electrons. The molecule has 3 unspecified atom stereocenters. The van der Waals surface area contributed by atoms with E-state index >= 15 is 0 Å².